The number of nitrogens with one attached hydrogen (secondary N) is 1. The van der Waals surface area contributed by atoms with Crippen LogP contribution in [0.25, 0.3) is 22.2 Å². The van der Waals surface area contributed by atoms with Gasteiger partial charge in [0.15, 0.2) is 0 Å². The van der Waals surface area contributed by atoms with E-state index in [0.717, 1.165) is 17.0 Å². The molecule has 0 aliphatic rings. The van der Waals surface area contributed by atoms with Crippen molar-refractivity contribution < 1.29 is 8.78 Å². The van der Waals surface area contributed by atoms with E-state index in [0.29, 0.717) is 16.3 Å². The Hall–Kier alpha value is -1.87. The average molecular weight is 264 g/mol. The molecule has 0 aliphatic carbocycles. The molecule has 0 spiro atoms. The zero-order chi connectivity index (χ0) is 12.7. The van der Waals surface area contributed by atoms with Crippen LogP contribution in [0.4, 0.5) is 8.78 Å². The number of halogens is 3. The molecule has 1 heterocycles. The van der Waals surface area contributed by atoms with Gasteiger partial charge in [0.25, 0.3) is 0 Å². The first-order valence-electron chi connectivity index (χ1n) is 5.36. The number of fused-ring (bicyclic) bond motifs is 1. The van der Waals surface area contributed by atoms with E-state index in [1.807, 2.05) is 12.1 Å². The maximum Gasteiger partial charge on any atom is 0.126 e. The number of aromatic nitrogens is 1. The smallest absolute Gasteiger partial charge is 0.126 e. The number of benzene rings is 2. The molecule has 3 rings (SSSR count). The Morgan fingerprint density at radius 2 is 1.61 bits per heavy atom. The molecule has 0 atom stereocenters. The minimum atomic E-state index is -0.596. The average Bonchev–Trinajstić information content (AvgIpc) is 2.70. The van der Waals surface area contributed by atoms with Crippen molar-refractivity contribution in [2.75, 3.05) is 0 Å². The van der Waals surface area contributed by atoms with Gasteiger partial charge in [-0.2, -0.15) is 0 Å². The Morgan fingerprint density at radius 3 is 2.33 bits per heavy atom. The summed E-state index contributed by atoms with van der Waals surface area (Å²) >= 11 is 5.89. The molecule has 0 unspecified atom stereocenters. The molecule has 4 heteroatoms. The van der Waals surface area contributed by atoms with Crippen molar-refractivity contribution in [3.05, 3.63) is 59.1 Å². The van der Waals surface area contributed by atoms with Crippen molar-refractivity contribution in [2.45, 2.75) is 0 Å². The number of rotatable bonds is 1. The van der Waals surface area contributed by atoms with Gasteiger partial charge in [0.2, 0.25) is 0 Å². The van der Waals surface area contributed by atoms with Gasteiger partial charge in [0, 0.05) is 33.2 Å². The molecular weight excluding hydrogens is 256 g/mol. The second-order valence-electron chi connectivity index (χ2n) is 4.07. The zero-order valence-electron chi connectivity index (χ0n) is 9.18. The van der Waals surface area contributed by atoms with Gasteiger partial charge in [0.05, 0.1) is 0 Å². The molecular formula is C14H8ClF2N. The summed E-state index contributed by atoms with van der Waals surface area (Å²) in [5, 5.41) is 1.53. The Labute approximate surface area is 107 Å². The van der Waals surface area contributed by atoms with Gasteiger partial charge in [-0.1, -0.05) is 11.6 Å². The summed E-state index contributed by atoms with van der Waals surface area (Å²) in [6.45, 7) is 0. The monoisotopic (exact) mass is 263 g/mol. The molecule has 0 fully saturated rings. The van der Waals surface area contributed by atoms with Crippen molar-refractivity contribution in [1.82, 2.24) is 4.98 Å². The first kappa shape index (κ1) is 11.2. The lowest BCUT2D eigenvalue weighted by atomic mass is 10.1. The van der Waals surface area contributed by atoms with Crippen LogP contribution in [-0.2, 0) is 0 Å². The lowest BCUT2D eigenvalue weighted by molar-refractivity contribution is 0.584. The fraction of sp³-hybridized carbons (Fsp3) is 0. The fourth-order valence-corrected chi connectivity index (χ4v) is 2.15. The maximum atomic E-state index is 13.2. The summed E-state index contributed by atoms with van der Waals surface area (Å²) < 4.78 is 26.3. The van der Waals surface area contributed by atoms with Crippen LogP contribution < -0.4 is 0 Å². The Bertz CT molecular complexity index is 713. The molecule has 0 radical (unpaired) electrons. The van der Waals surface area contributed by atoms with Crippen LogP contribution in [0.3, 0.4) is 0 Å². The molecule has 1 aromatic heterocycles. The molecule has 0 saturated carbocycles. The molecule has 1 nitrogen and oxygen atoms in total. The number of H-pyrrole nitrogens is 1. The Morgan fingerprint density at radius 1 is 0.889 bits per heavy atom. The number of aromatic amines is 1. The van der Waals surface area contributed by atoms with Crippen LogP contribution in [0.5, 0.6) is 0 Å². The summed E-state index contributed by atoms with van der Waals surface area (Å²) in [6.07, 6.45) is 0. The molecule has 0 aliphatic heterocycles. The molecule has 0 amide bonds. The summed E-state index contributed by atoms with van der Waals surface area (Å²) in [6, 6.07) is 10.6. The second kappa shape index (κ2) is 4.10. The van der Waals surface area contributed by atoms with Crippen molar-refractivity contribution in [2.24, 2.45) is 0 Å². The highest BCUT2D eigenvalue weighted by Crippen LogP contribution is 2.27. The van der Waals surface area contributed by atoms with E-state index in [9.17, 15) is 8.78 Å². The summed E-state index contributed by atoms with van der Waals surface area (Å²) in [5.74, 6) is -1.19. The summed E-state index contributed by atoms with van der Waals surface area (Å²) in [5.41, 5.74) is 2.00. The molecule has 1 N–H and O–H groups in total. The van der Waals surface area contributed by atoms with Gasteiger partial charge in [-0.3, -0.25) is 0 Å². The van der Waals surface area contributed by atoms with E-state index in [1.54, 1.807) is 12.1 Å². The fourth-order valence-electron chi connectivity index (χ4n) is 1.97. The van der Waals surface area contributed by atoms with E-state index in [4.69, 9.17) is 11.6 Å². The number of hydrogen-bond donors (Lipinski definition) is 1. The maximum absolute atomic E-state index is 13.2. The van der Waals surface area contributed by atoms with E-state index in [-0.39, 0.29) is 0 Å². The number of hydrogen-bond acceptors (Lipinski definition) is 0. The lowest BCUT2D eigenvalue weighted by Gasteiger charge is -1.98. The van der Waals surface area contributed by atoms with E-state index in [1.165, 1.54) is 12.1 Å². The van der Waals surface area contributed by atoms with Crippen molar-refractivity contribution in [3.63, 3.8) is 0 Å². The highest BCUT2D eigenvalue weighted by Gasteiger charge is 2.07. The minimum absolute atomic E-state index is 0.472. The van der Waals surface area contributed by atoms with Gasteiger partial charge in [0.1, 0.15) is 11.6 Å². The molecule has 0 saturated heterocycles. The molecule has 2 aromatic carbocycles. The third-order valence-electron chi connectivity index (χ3n) is 2.76. The highest BCUT2D eigenvalue weighted by atomic mass is 35.5. The zero-order valence-corrected chi connectivity index (χ0v) is 9.93. The quantitative estimate of drug-likeness (QED) is 0.651. The second-order valence-corrected chi connectivity index (χ2v) is 4.51. The van der Waals surface area contributed by atoms with Crippen LogP contribution in [0.2, 0.25) is 5.02 Å². The van der Waals surface area contributed by atoms with Crippen LogP contribution in [-0.4, -0.2) is 4.98 Å². The predicted octanol–water partition coefficient (Wildman–Crippen LogP) is 4.77. The Balaban J connectivity index is 2.19. The molecule has 18 heavy (non-hydrogen) atoms. The van der Waals surface area contributed by atoms with Crippen LogP contribution >= 0.6 is 11.6 Å². The van der Waals surface area contributed by atoms with Gasteiger partial charge in [-0.15, -0.1) is 0 Å². The van der Waals surface area contributed by atoms with Gasteiger partial charge >= 0.3 is 0 Å². The third kappa shape index (κ3) is 1.97. The van der Waals surface area contributed by atoms with Gasteiger partial charge < -0.3 is 4.98 Å². The predicted molar refractivity (Wildman–Crippen MR) is 68.7 cm³/mol. The standard InChI is InChI=1S/C14H8ClF2N/c15-10-1-2-13-8(3-10)6-14(18-13)9-4-11(16)7-12(17)5-9/h1-7,18H. The van der Waals surface area contributed by atoms with Gasteiger partial charge in [-0.05, 0) is 36.4 Å². The van der Waals surface area contributed by atoms with E-state index < -0.39 is 11.6 Å². The topological polar surface area (TPSA) is 15.8 Å². The summed E-state index contributed by atoms with van der Waals surface area (Å²) in [7, 11) is 0. The largest absolute Gasteiger partial charge is 0.355 e. The molecule has 3 aromatic rings. The normalized spacial score (nSPS) is 11.1. The van der Waals surface area contributed by atoms with Crippen LogP contribution in [0.1, 0.15) is 0 Å². The van der Waals surface area contributed by atoms with Crippen LogP contribution in [0, 0.1) is 11.6 Å². The van der Waals surface area contributed by atoms with Crippen molar-refractivity contribution in [3.8, 4) is 11.3 Å². The van der Waals surface area contributed by atoms with Crippen molar-refractivity contribution in [1.29, 1.82) is 0 Å². The minimum Gasteiger partial charge on any atom is -0.355 e. The third-order valence-corrected chi connectivity index (χ3v) is 2.99. The molecule has 0 bridgehead atoms. The van der Waals surface area contributed by atoms with Crippen molar-refractivity contribution >= 4 is 22.5 Å². The first-order chi connectivity index (χ1) is 8.61. The van der Waals surface area contributed by atoms with Gasteiger partial charge in [-0.25, -0.2) is 8.78 Å². The highest BCUT2D eigenvalue weighted by molar-refractivity contribution is 6.31. The van der Waals surface area contributed by atoms with Crippen LogP contribution in [0.15, 0.2) is 42.5 Å². The SMILES string of the molecule is Fc1cc(F)cc(-c2cc3cc(Cl)ccc3[nH]2)c1. The lowest BCUT2D eigenvalue weighted by Crippen LogP contribution is -1.83. The van der Waals surface area contributed by atoms with E-state index >= 15 is 0 Å². The summed E-state index contributed by atoms with van der Waals surface area (Å²) in [4.78, 5) is 3.10. The Kier molecular flexibility index (Phi) is 2.56. The molecule has 90 valence electrons. The first-order valence-corrected chi connectivity index (χ1v) is 5.74. The van der Waals surface area contributed by atoms with E-state index in [2.05, 4.69) is 4.98 Å².